The fourth-order valence-corrected chi connectivity index (χ4v) is 1.38. The van der Waals surface area contributed by atoms with Crippen LogP contribution in [0.3, 0.4) is 0 Å². The maximum absolute atomic E-state index is 10.5. The smallest absolute Gasteiger partial charge is 0.151 e. The van der Waals surface area contributed by atoms with Crippen LogP contribution in [0.15, 0.2) is 24.9 Å². The third kappa shape index (κ3) is 2.64. The Morgan fingerprint density at radius 3 is 2.93 bits per heavy atom. The van der Waals surface area contributed by atoms with Crippen LogP contribution in [0.2, 0.25) is 0 Å². The zero-order chi connectivity index (χ0) is 10.4. The molecule has 0 N–H and O–H groups in total. The van der Waals surface area contributed by atoms with Crippen molar-refractivity contribution in [2.24, 2.45) is 0 Å². The Morgan fingerprint density at radius 2 is 2.36 bits per heavy atom. The lowest BCUT2D eigenvalue weighted by Crippen LogP contribution is -2.28. The lowest BCUT2D eigenvalue weighted by atomic mass is 10.2. The van der Waals surface area contributed by atoms with Crippen molar-refractivity contribution < 1.29 is 4.79 Å². The Hall–Kier alpha value is -1.22. The van der Waals surface area contributed by atoms with E-state index in [2.05, 4.69) is 27.5 Å². The first-order chi connectivity index (χ1) is 6.81. The van der Waals surface area contributed by atoms with Crippen LogP contribution in [0.5, 0.6) is 0 Å². The predicted octanol–water partition coefficient (Wildman–Crippen LogP) is 1.04. The van der Waals surface area contributed by atoms with Gasteiger partial charge in [0, 0.05) is 22.3 Å². The van der Waals surface area contributed by atoms with Crippen LogP contribution in [-0.2, 0) is 0 Å². The molecule has 72 valence electrons. The van der Waals surface area contributed by atoms with Crippen molar-refractivity contribution in [1.82, 2.24) is 4.98 Å². The van der Waals surface area contributed by atoms with Crippen molar-refractivity contribution in [1.29, 1.82) is 0 Å². The molecule has 0 aromatic carbocycles. The molecule has 2 nitrogen and oxygen atoms in total. The number of pyridine rings is 1. The molecule has 0 bridgehead atoms. The van der Waals surface area contributed by atoms with E-state index in [0.29, 0.717) is 5.56 Å². The average Bonchev–Trinajstić information content (AvgIpc) is 2.21. The summed E-state index contributed by atoms with van der Waals surface area (Å²) in [5.74, 6) is 0. The SMILES string of the molecule is C=C/C=c1/cc(C=O)cn/c1=C/CBr. The van der Waals surface area contributed by atoms with Gasteiger partial charge in [0.25, 0.3) is 0 Å². The highest BCUT2D eigenvalue weighted by molar-refractivity contribution is 9.09. The first-order valence-corrected chi connectivity index (χ1v) is 5.24. The van der Waals surface area contributed by atoms with Gasteiger partial charge < -0.3 is 0 Å². The largest absolute Gasteiger partial charge is 0.298 e. The molecule has 1 rings (SSSR count). The van der Waals surface area contributed by atoms with Crippen LogP contribution in [-0.4, -0.2) is 16.6 Å². The molecule has 0 spiro atoms. The Bertz CT molecular complexity index is 451. The maximum Gasteiger partial charge on any atom is 0.151 e. The van der Waals surface area contributed by atoms with Gasteiger partial charge in [-0.2, -0.15) is 0 Å². The summed E-state index contributed by atoms with van der Waals surface area (Å²) in [6.07, 6.45) is 7.78. The van der Waals surface area contributed by atoms with Crippen LogP contribution < -0.4 is 10.6 Å². The van der Waals surface area contributed by atoms with Gasteiger partial charge in [0.1, 0.15) is 0 Å². The van der Waals surface area contributed by atoms with E-state index in [1.54, 1.807) is 18.3 Å². The molecule has 0 aliphatic rings. The van der Waals surface area contributed by atoms with Crippen LogP contribution in [0.25, 0.3) is 12.2 Å². The molecule has 0 unspecified atom stereocenters. The van der Waals surface area contributed by atoms with Crippen molar-refractivity contribution in [3.8, 4) is 0 Å². The number of carbonyl (C=O) groups excluding carboxylic acids is 1. The van der Waals surface area contributed by atoms with Crippen molar-refractivity contribution in [3.05, 3.63) is 41.0 Å². The second-order valence-corrected chi connectivity index (χ2v) is 3.27. The number of aldehydes is 1. The van der Waals surface area contributed by atoms with E-state index in [1.165, 1.54) is 0 Å². The molecule has 0 atom stereocenters. The third-order valence-corrected chi connectivity index (χ3v) is 2.00. The minimum Gasteiger partial charge on any atom is -0.298 e. The number of hydrogen-bond donors (Lipinski definition) is 0. The van der Waals surface area contributed by atoms with E-state index in [1.807, 2.05) is 12.2 Å². The summed E-state index contributed by atoms with van der Waals surface area (Å²) in [5.41, 5.74) is 0.574. The number of alkyl halides is 1. The van der Waals surface area contributed by atoms with Crippen LogP contribution in [0.1, 0.15) is 10.4 Å². The van der Waals surface area contributed by atoms with Crippen molar-refractivity contribution in [3.63, 3.8) is 0 Å². The quantitative estimate of drug-likeness (QED) is 0.594. The highest BCUT2D eigenvalue weighted by Crippen LogP contribution is 1.83. The maximum atomic E-state index is 10.5. The normalized spacial score (nSPS) is 12.9. The molecule has 0 aliphatic carbocycles. The van der Waals surface area contributed by atoms with E-state index in [-0.39, 0.29) is 0 Å². The topological polar surface area (TPSA) is 30.0 Å². The summed E-state index contributed by atoms with van der Waals surface area (Å²) >= 11 is 3.30. The highest BCUT2D eigenvalue weighted by atomic mass is 79.9. The molecule has 1 aromatic rings. The molecule has 14 heavy (non-hydrogen) atoms. The highest BCUT2D eigenvalue weighted by Gasteiger charge is 1.90. The van der Waals surface area contributed by atoms with E-state index in [0.717, 1.165) is 22.2 Å². The molecule has 0 saturated heterocycles. The number of allylic oxidation sites excluding steroid dienone is 1. The number of hydrogen-bond acceptors (Lipinski definition) is 2. The number of nitrogens with zero attached hydrogens (tertiary/aromatic N) is 1. The molecule has 0 radical (unpaired) electrons. The van der Waals surface area contributed by atoms with E-state index < -0.39 is 0 Å². The predicted molar refractivity (Wildman–Crippen MR) is 61.8 cm³/mol. The Labute approximate surface area is 90.8 Å². The molecular formula is C11H10BrNO. The molecule has 1 heterocycles. The average molecular weight is 252 g/mol. The summed E-state index contributed by atoms with van der Waals surface area (Å²) in [4.78, 5) is 14.7. The Kier molecular flexibility index (Phi) is 4.26. The van der Waals surface area contributed by atoms with Gasteiger partial charge in [-0.3, -0.25) is 9.78 Å². The molecular weight excluding hydrogens is 242 g/mol. The first-order valence-electron chi connectivity index (χ1n) is 4.12. The molecule has 0 saturated carbocycles. The van der Waals surface area contributed by atoms with Crippen molar-refractivity contribution >= 4 is 34.4 Å². The van der Waals surface area contributed by atoms with Gasteiger partial charge in [-0.05, 0) is 12.1 Å². The Morgan fingerprint density at radius 1 is 1.57 bits per heavy atom. The van der Waals surface area contributed by atoms with Crippen molar-refractivity contribution in [2.45, 2.75) is 0 Å². The van der Waals surface area contributed by atoms with Gasteiger partial charge in [0.05, 0.1) is 5.35 Å². The van der Waals surface area contributed by atoms with Gasteiger partial charge in [0.15, 0.2) is 6.29 Å². The fraction of sp³-hybridized carbons (Fsp3) is 0.0909. The second kappa shape index (κ2) is 5.50. The summed E-state index contributed by atoms with van der Waals surface area (Å²) in [7, 11) is 0. The van der Waals surface area contributed by atoms with Gasteiger partial charge in [-0.15, -0.1) is 0 Å². The molecule has 3 heteroatoms. The van der Waals surface area contributed by atoms with Crippen molar-refractivity contribution in [2.75, 3.05) is 5.33 Å². The van der Waals surface area contributed by atoms with E-state index in [4.69, 9.17) is 0 Å². The van der Waals surface area contributed by atoms with Crippen LogP contribution in [0.4, 0.5) is 0 Å². The lowest BCUT2D eigenvalue weighted by Gasteiger charge is -1.91. The third-order valence-electron chi connectivity index (χ3n) is 1.67. The number of halogens is 1. The zero-order valence-corrected chi connectivity index (χ0v) is 9.20. The van der Waals surface area contributed by atoms with Gasteiger partial charge in [-0.25, -0.2) is 0 Å². The van der Waals surface area contributed by atoms with E-state index in [9.17, 15) is 4.79 Å². The zero-order valence-electron chi connectivity index (χ0n) is 7.61. The minimum atomic E-state index is 0.574. The molecule has 0 fully saturated rings. The van der Waals surface area contributed by atoms with Crippen LogP contribution in [0, 0.1) is 0 Å². The van der Waals surface area contributed by atoms with Gasteiger partial charge in [0.2, 0.25) is 0 Å². The molecule has 0 amide bonds. The Balaban J connectivity index is 3.47. The molecule has 1 aromatic heterocycles. The monoisotopic (exact) mass is 251 g/mol. The second-order valence-electron chi connectivity index (χ2n) is 2.62. The standard InChI is InChI=1S/C11H10BrNO/c1-2-3-10-6-9(8-14)7-13-11(10)4-5-12/h2-4,6-8H,1,5H2/b10-3-,11-4+. The van der Waals surface area contributed by atoms with Crippen LogP contribution >= 0.6 is 15.9 Å². The fourth-order valence-electron chi connectivity index (χ4n) is 1.08. The number of rotatable bonds is 3. The van der Waals surface area contributed by atoms with Gasteiger partial charge >= 0.3 is 0 Å². The van der Waals surface area contributed by atoms with Gasteiger partial charge in [-0.1, -0.05) is 34.7 Å². The minimum absolute atomic E-state index is 0.574. The number of carbonyl (C=O) groups is 1. The summed E-state index contributed by atoms with van der Waals surface area (Å²) in [5, 5.41) is 2.50. The number of aromatic nitrogens is 1. The van der Waals surface area contributed by atoms with E-state index >= 15 is 0 Å². The molecule has 0 aliphatic heterocycles. The summed E-state index contributed by atoms with van der Waals surface area (Å²) < 4.78 is 0. The summed E-state index contributed by atoms with van der Waals surface area (Å²) in [6.45, 7) is 3.62. The summed E-state index contributed by atoms with van der Waals surface area (Å²) in [6, 6.07) is 1.79. The first kappa shape index (κ1) is 10.9. The lowest BCUT2D eigenvalue weighted by molar-refractivity contribution is 0.112.